The van der Waals surface area contributed by atoms with Gasteiger partial charge in [0, 0.05) is 35.9 Å². The maximum atomic E-state index is 15.0. The molecule has 2 aromatic rings. The summed E-state index contributed by atoms with van der Waals surface area (Å²) in [7, 11) is 2.18. The number of piperidine rings is 1. The van der Waals surface area contributed by atoms with Gasteiger partial charge in [0.25, 0.3) is 5.91 Å². The van der Waals surface area contributed by atoms with Gasteiger partial charge in [-0.2, -0.15) is 0 Å². The van der Waals surface area contributed by atoms with Crippen LogP contribution in [0.15, 0.2) is 36.4 Å². The molecular weight excluding hydrogens is 419 g/mol. The first kappa shape index (κ1) is 22.2. The van der Waals surface area contributed by atoms with E-state index in [1.165, 1.54) is 18.9 Å². The lowest BCUT2D eigenvalue weighted by Gasteiger charge is -2.36. The van der Waals surface area contributed by atoms with Gasteiger partial charge in [-0.3, -0.25) is 4.79 Å². The first-order valence-corrected chi connectivity index (χ1v) is 12.3. The van der Waals surface area contributed by atoms with Gasteiger partial charge in [-0.15, -0.1) is 0 Å². The van der Waals surface area contributed by atoms with E-state index < -0.39 is 5.82 Å². The molecule has 1 unspecified atom stereocenters. The Bertz CT molecular complexity index is 1010. The average Bonchev–Trinajstić information content (AvgIpc) is 3.01. The van der Waals surface area contributed by atoms with Crippen LogP contribution in [-0.4, -0.2) is 49.2 Å². The fourth-order valence-electron chi connectivity index (χ4n) is 5.53. The highest BCUT2D eigenvalue weighted by atomic mass is 19.1. The second kappa shape index (κ2) is 9.34. The lowest BCUT2D eigenvalue weighted by Crippen LogP contribution is -2.43. The predicted molar refractivity (Wildman–Crippen MR) is 127 cm³/mol. The number of hydrogen-bond acceptors (Lipinski definition) is 4. The van der Waals surface area contributed by atoms with Crippen molar-refractivity contribution in [1.82, 2.24) is 4.90 Å². The standard InChI is InChI=1S/C27H33FN2O3/c1-3-4-13-32-22-8-9-24-18(14-22)11-12-30(27(24)31)21-7-10-26(25(28)17-21)33-23-15-19-5-6-20(16-23)29(19)2/h7-10,14,17,19-20,23H,3-6,11-13,15-16H2,1-2H3/t19-,20+,23?. The van der Waals surface area contributed by atoms with Gasteiger partial charge in [-0.1, -0.05) is 13.3 Å². The monoisotopic (exact) mass is 452 g/mol. The van der Waals surface area contributed by atoms with Crippen molar-refractivity contribution in [2.75, 3.05) is 25.1 Å². The summed E-state index contributed by atoms with van der Waals surface area (Å²) in [5.41, 5.74) is 2.22. The number of rotatable bonds is 7. The van der Waals surface area contributed by atoms with E-state index in [2.05, 4.69) is 18.9 Å². The first-order chi connectivity index (χ1) is 16.0. The number of amides is 1. The second-order valence-corrected chi connectivity index (χ2v) is 9.60. The number of anilines is 1. The summed E-state index contributed by atoms with van der Waals surface area (Å²) in [4.78, 5) is 17.2. The third-order valence-electron chi connectivity index (χ3n) is 7.50. The van der Waals surface area contributed by atoms with Gasteiger partial charge in [0.15, 0.2) is 11.6 Å². The topological polar surface area (TPSA) is 42.0 Å². The van der Waals surface area contributed by atoms with Crippen molar-refractivity contribution in [1.29, 1.82) is 0 Å². The maximum Gasteiger partial charge on any atom is 0.258 e. The van der Waals surface area contributed by atoms with E-state index in [0.717, 1.165) is 37.0 Å². The lowest BCUT2D eigenvalue weighted by atomic mass is 9.98. The summed E-state index contributed by atoms with van der Waals surface area (Å²) in [6.07, 6.45) is 7.15. The zero-order valence-corrected chi connectivity index (χ0v) is 19.6. The number of fused-ring (bicyclic) bond motifs is 3. The van der Waals surface area contributed by atoms with Gasteiger partial charge < -0.3 is 19.3 Å². The number of nitrogens with zero attached hydrogens (tertiary/aromatic N) is 2. The van der Waals surface area contributed by atoms with Gasteiger partial charge in [0.05, 0.1) is 6.61 Å². The summed E-state index contributed by atoms with van der Waals surface area (Å²) in [5.74, 6) is 0.582. The van der Waals surface area contributed by atoms with Crippen molar-refractivity contribution in [3.05, 3.63) is 53.3 Å². The zero-order chi connectivity index (χ0) is 22.9. The van der Waals surface area contributed by atoms with Gasteiger partial charge in [0.1, 0.15) is 11.9 Å². The minimum Gasteiger partial charge on any atom is -0.494 e. The van der Waals surface area contributed by atoms with Crippen LogP contribution in [0.3, 0.4) is 0 Å². The van der Waals surface area contributed by atoms with Crippen molar-refractivity contribution in [3.8, 4) is 11.5 Å². The summed E-state index contributed by atoms with van der Waals surface area (Å²) in [6, 6.07) is 11.6. The summed E-state index contributed by atoms with van der Waals surface area (Å²) in [5, 5.41) is 0. The van der Waals surface area contributed by atoms with E-state index in [1.807, 2.05) is 18.2 Å². The van der Waals surface area contributed by atoms with Crippen LogP contribution in [-0.2, 0) is 6.42 Å². The number of hydrogen-bond donors (Lipinski definition) is 0. The van der Waals surface area contributed by atoms with Crippen LogP contribution >= 0.6 is 0 Å². The normalized spacial score (nSPS) is 24.6. The largest absolute Gasteiger partial charge is 0.494 e. The molecule has 1 amide bonds. The van der Waals surface area contributed by atoms with Crippen LogP contribution < -0.4 is 14.4 Å². The summed E-state index contributed by atoms with van der Waals surface area (Å²) >= 11 is 0. The molecule has 2 saturated heterocycles. The van der Waals surface area contributed by atoms with E-state index in [9.17, 15) is 9.18 Å². The number of halogens is 1. The van der Waals surface area contributed by atoms with Gasteiger partial charge in [-0.05, 0) is 81.5 Å². The van der Waals surface area contributed by atoms with Crippen LogP contribution in [0.25, 0.3) is 0 Å². The van der Waals surface area contributed by atoms with Crippen LogP contribution in [0.5, 0.6) is 11.5 Å². The Balaban J connectivity index is 1.26. The number of unbranched alkanes of at least 4 members (excludes halogenated alkanes) is 1. The zero-order valence-electron chi connectivity index (χ0n) is 19.6. The molecule has 6 heteroatoms. The molecule has 3 aliphatic rings. The number of carbonyl (C=O) groups excluding carboxylic acids is 1. The van der Waals surface area contributed by atoms with Gasteiger partial charge >= 0.3 is 0 Å². The van der Waals surface area contributed by atoms with Crippen LogP contribution in [0.2, 0.25) is 0 Å². The predicted octanol–water partition coefficient (Wildman–Crippen LogP) is 5.21. The fourth-order valence-corrected chi connectivity index (χ4v) is 5.53. The maximum absolute atomic E-state index is 15.0. The van der Waals surface area contributed by atoms with Crippen molar-refractivity contribution in [2.45, 2.75) is 70.1 Å². The molecule has 3 atom stereocenters. The Morgan fingerprint density at radius 3 is 2.61 bits per heavy atom. The van der Waals surface area contributed by atoms with E-state index in [0.29, 0.717) is 42.9 Å². The first-order valence-electron chi connectivity index (χ1n) is 12.3. The van der Waals surface area contributed by atoms with Crippen LogP contribution in [0.1, 0.15) is 61.4 Å². The highest BCUT2D eigenvalue weighted by Gasteiger charge is 2.39. The second-order valence-electron chi connectivity index (χ2n) is 9.60. The van der Waals surface area contributed by atoms with E-state index >= 15 is 0 Å². The molecule has 176 valence electrons. The molecular formula is C27H33FN2O3. The number of carbonyl (C=O) groups is 1. The Morgan fingerprint density at radius 1 is 1.09 bits per heavy atom. The van der Waals surface area contributed by atoms with Crippen molar-refractivity contribution < 1.29 is 18.7 Å². The third-order valence-corrected chi connectivity index (χ3v) is 7.50. The molecule has 3 aliphatic heterocycles. The Kier molecular flexibility index (Phi) is 6.28. The average molecular weight is 453 g/mol. The molecule has 0 aliphatic carbocycles. The molecule has 33 heavy (non-hydrogen) atoms. The minimum absolute atomic E-state index is 0.0521. The SMILES string of the molecule is CCCCOc1ccc2c(c1)CCN(c1ccc(OC3C[C@H]4CC[C@@H](C3)N4C)c(F)c1)C2=O. The molecule has 0 aromatic heterocycles. The molecule has 0 saturated carbocycles. The van der Waals surface area contributed by atoms with E-state index in [-0.39, 0.29) is 17.8 Å². The van der Waals surface area contributed by atoms with E-state index in [4.69, 9.17) is 9.47 Å². The molecule has 2 aromatic carbocycles. The smallest absolute Gasteiger partial charge is 0.258 e. The van der Waals surface area contributed by atoms with Gasteiger partial charge in [0.2, 0.25) is 0 Å². The number of benzene rings is 2. The minimum atomic E-state index is -0.406. The Morgan fingerprint density at radius 2 is 1.88 bits per heavy atom. The Hall–Kier alpha value is -2.60. The van der Waals surface area contributed by atoms with Crippen LogP contribution in [0.4, 0.5) is 10.1 Å². The Labute approximate surface area is 195 Å². The van der Waals surface area contributed by atoms with Crippen molar-refractivity contribution in [3.63, 3.8) is 0 Å². The molecule has 2 fully saturated rings. The fraction of sp³-hybridized carbons (Fsp3) is 0.519. The molecule has 0 N–H and O–H groups in total. The molecule has 5 rings (SSSR count). The molecule has 0 radical (unpaired) electrons. The van der Waals surface area contributed by atoms with Crippen molar-refractivity contribution >= 4 is 11.6 Å². The van der Waals surface area contributed by atoms with E-state index in [1.54, 1.807) is 17.0 Å². The summed E-state index contributed by atoms with van der Waals surface area (Å²) < 4.78 is 26.8. The summed E-state index contributed by atoms with van der Waals surface area (Å²) in [6.45, 7) is 3.33. The van der Waals surface area contributed by atoms with Crippen LogP contribution in [0, 0.1) is 5.82 Å². The number of ether oxygens (including phenoxy) is 2. The van der Waals surface area contributed by atoms with Crippen molar-refractivity contribution in [2.24, 2.45) is 0 Å². The molecule has 3 heterocycles. The highest BCUT2D eigenvalue weighted by molar-refractivity contribution is 6.08. The quantitative estimate of drug-likeness (QED) is 0.541. The molecule has 5 nitrogen and oxygen atoms in total. The van der Waals surface area contributed by atoms with Gasteiger partial charge in [-0.25, -0.2) is 4.39 Å². The highest BCUT2D eigenvalue weighted by Crippen LogP contribution is 2.37. The lowest BCUT2D eigenvalue weighted by molar-refractivity contribution is 0.0636. The molecule has 0 spiro atoms. The molecule has 2 bridgehead atoms. The third kappa shape index (κ3) is 4.45.